The first kappa shape index (κ1) is 19.0. The first-order valence-corrected chi connectivity index (χ1v) is 11.7. The molecule has 27 heavy (non-hydrogen) atoms. The number of fused-ring (bicyclic) bond motifs is 3. The fourth-order valence-corrected chi connectivity index (χ4v) is 6.65. The lowest BCUT2D eigenvalue weighted by Crippen LogP contribution is -2.48. The maximum atomic E-state index is 13.0. The van der Waals surface area contributed by atoms with Gasteiger partial charge in [-0.3, -0.25) is 14.2 Å². The van der Waals surface area contributed by atoms with E-state index in [2.05, 4.69) is 13.8 Å². The van der Waals surface area contributed by atoms with E-state index in [1.54, 1.807) is 23.0 Å². The smallest absolute Gasteiger partial charge is 0.262 e. The second-order valence-corrected chi connectivity index (χ2v) is 9.89. The number of carbonyl (C=O) groups excluding carboxylic acids is 1. The van der Waals surface area contributed by atoms with Crippen LogP contribution in [-0.2, 0) is 24.7 Å². The van der Waals surface area contributed by atoms with Crippen LogP contribution in [0, 0.1) is 0 Å². The molecule has 146 valence electrons. The maximum Gasteiger partial charge on any atom is 0.262 e. The molecular formula is C20H27N3O2S2. The third-order valence-electron chi connectivity index (χ3n) is 5.96. The van der Waals surface area contributed by atoms with Crippen molar-refractivity contribution in [2.75, 3.05) is 5.75 Å². The summed E-state index contributed by atoms with van der Waals surface area (Å²) in [4.78, 5) is 34.7. The number of carbonyl (C=O) groups is 1. The number of nitrogens with zero attached hydrogens (tertiary/aromatic N) is 3. The average molecular weight is 406 g/mol. The first-order chi connectivity index (χ1) is 13.0. The molecular weight excluding hydrogens is 378 g/mol. The van der Waals surface area contributed by atoms with Crippen LogP contribution in [-0.4, -0.2) is 38.2 Å². The van der Waals surface area contributed by atoms with Crippen LogP contribution in [0.3, 0.4) is 0 Å². The van der Waals surface area contributed by atoms with Crippen LogP contribution in [0.1, 0.15) is 56.4 Å². The van der Waals surface area contributed by atoms with Crippen molar-refractivity contribution >= 4 is 39.2 Å². The molecule has 2 aromatic rings. The zero-order valence-electron chi connectivity index (χ0n) is 16.3. The molecule has 0 bridgehead atoms. The van der Waals surface area contributed by atoms with Gasteiger partial charge in [-0.25, -0.2) is 4.98 Å². The largest absolute Gasteiger partial charge is 0.337 e. The van der Waals surface area contributed by atoms with Gasteiger partial charge < -0.3 is 4.90 Å². The number of thioether (sulfide) groups is 1. The Balaban J connectivity index is 1.58. The Hall–Kier alpha value is -1.34. The molecule has 3 heterocycles. The second kappa shape index (κ2) is 7.59. The summed E-state index contributed by atoms with van der Waals surface area (Å²) < 4.78 is 1.63. The standard InChI is InChI=1S/C20H27N3O2S2/c1-12-7-6-8-13(2)23(12)16(24)11-26-20-21-18-17(19(25)22(20)3)14-9-4-5-10-15(14)27-18/h12-13H,4-11H2,1-3H3/t12-,13+. The van der Waals surface area contributed by atoms with Crippen LogP contribution in [0.25, 0.3) is 10.2 Å². The molecule has 1 amide bonds. The van der Waals surface area contributed by atoms with Gasteiger partial charge in [0.1, 0.15) is 4.83 Å². The molecule has 7 heteroatoms. The van der Waals surface area contributed by atoms with Gasteiger partial charge in [0.05, 0.1) is 11.1 Å². The summed E-state index contributed by atoms with van der Waals surface area (Å²) in [6.45, 7) is 4.27. The van der Waals surface area contributed by atoms with Crippen molar-refractivity contribution in [3.63, 3.8) is 0 Å². The van der Waals surface area contributed by atoms with E-state index < -0.39 is 0 Å². The molecule has 1 aliphatic carbocycles. The van der Waals surface area contributed by atoms with Crippen LogP contribution in [0.2, 0.25) is 0 Å². The highest BCUT2D eigenvalue weighted by atomic mass is 32.2. The number of rotatable bonds is 3. The average Bonchev–Trinajstić information content (AvgIpc) is 3.01. The molecule has 0 saturated carbocycles. The summed E-state index contributed by atoms with van der Waals surface area (Å²) in [7, 11) is 1.78. The van der Waals surface area contributed by atoms with Crippen LogP contribution in [0.5, 0.6) is 0 Å². The van der Waals surface area contributed by atoms with E-state index in [9.17, 15) is 9.59 Å². The Kier molecular flexibility index (Phi) is 5.34. The summed E-state index contributed by atoms with van der Waals surface area (Å²) in [5.74, 6) is 0.491. The minimum atomic E-state index is 0.0362. The predicted molar refractivity (Wildman–Crippen MR) is 112 cm³/mol. The van der Waals surface area contributed by atoms with Crippen molar-refractivity contribution in [3.05, 3.63) is 20.8 Å². The van der Waals surface area contributed by atoms with Crippen molar-refractivity contribution in [1.82, 2.24) is 14.5 Å². The molecule has 0 aromatic carbocycles. The molecule has 1 fully saturated rings. The summed E-state index contributed by atoms with van der Waals surface area (Å²) in [6.07, 6.45) is 7.73. The Morgan fingerprint density at radius 2 is 1.89 bits per heavy atom. The van der Waals surface area contributed by atoms with Gasteiger partial charge in [0.25, 0.3) is 5.56 Å². The quantitative estimate of drug-likeness (QED) is 0.576. The topological polar surface area (TPSA) is 55.2 Å². The highest BCUT2D eigenvalue weighted by Gasteiger charge is 2.29. The van der Waals surface area contributed by atoms with Gasteiger partial charge in [0.15, 0.2) is 5.16 Å². The summed E-state index contributed by atoms with van der Waals surface area (Å²) >= 11 is 3.06. The Morgan fingerprint density at radius 1 is 1.19 bits per heavy atom. The lowest BCUT2D eigenvalue weighted by molar-refractivity contribution is -0.134. The number of aryl methyl sites for hydroxylation is 2. The number of hydrogen-bond acceptors (Lipinski definition) is 5. The Labute approximate surface area is 168 Å². The van der Waals surface area contributed by atoms with E-state index in [4.69, 9.17) is 4.98 Å². The van der Waals surface area contributed by atoms with E-state index in [0.29, 0.717) is 23.0 Å². The molecule has 0 radical (unpaired) electrons. The summed E-state index contributed by atoms with van der Waals surface area (Å²) in [5, 5.41) is 1.46. The molecule has 5 nitrogen and oxygen atoms in total. The van der Waals surface area contributed by atoms with Crippen LogP contribution < -0.4 is 5.56 Å². The van der Waals surface area contributed by atoms with Gasteiger partial charge >= 0.3 is 0 Å². The van der Waals surface area contributed by atoms with Crippen molar-refractivity contribution in [2.24, 2.45) is 7.05 Å². The molecule has 2 aromatic heterocycles. The van der Waals surface area contributed by atoms with Crippen molar-refractivity contribution in [3.8, 4) is 0 Å². The normalized spacial score (nSPS) is 22.9. The highest BCUT2D eigenvalue weighted by molar-refractivity contribution is 7.99. The lowest BCUT2D eigenvalue weighted by Gasteiger charge is -2.39. The molecule has 1 saturated heterocycles. The van der Waals surface area contributed by atoms with E-state index in [1.165, 1.54) is 35.0 Å². The first-order valence-electron chi connectivity index (χ1n) is 9.92. The van der Waals surface area contributed by atoms with Gasteiger partial charge in [0.2, 0.25) is 5.91 Å². The SMILES string of the molecule is C[C@@H]1CCC[C@H](C)N1C(=O)CSc1nc2sc3c(c2c(=O)n1C)CCCC3. The molecule has 4 rings (SSSR count). The number of amides is 1. The van der Waals surface area contributed by atoms with Crippen LogP contribution >= 0.6 is 23.1 Å². The Morgan fingerprint density at radius 3 is 2.63 bits per heavy atom. The molecule has 1 aliphatic heterocycles. The van der Waals surface area contributed by atoms with Gasteiger partial charge in [-0.05, 0) is 64.4 Å². The van der Waals surface area contributed by atoms with E-state index in [-0.39, 0.29) is 11.5 Å². The van der Waals surface area contributed by atoms with E-state index in [1.807, 2.05) is 4.90 Å². The zero-order chi connectivity index (χ0) is 19.1. The van der Waals surface area contributed by atoms with E-state index in [0.717, 1.165) is 42.3 Å². The Bertz CT molecular complexity index is 923. The van der Waals surface area contributed by atoms with Gasteiger partial charge in [0, 0.05) is 24.0 Å². The second-order valence-electron chi connectivity index (χ2n) is 7.87. The van der Waals surface area contributed by atoms with Gasteiger partial charge in [-0.1, -0.05) is 11.8 Å². The minimum Gasteiger partial charge on any atom is -0.337 e. The molecule has 2 atom stereocenters. The molecule has 0 spiro atoms. The number of piperidine rings is 1. The van der Waals surface area contributed by atoms with Crippen LogP contribution in [0.4, 0.5) is 0 Å². The summed E-state index contributed by atoms with van der Waals surface area (Å²) in [5.41, 5.74) is 1.26. The number of hydrogen-bond donors (Lipinski definition) is 0. The predicted octanol–water partition coefficient (Wildman–Crippen LogP) is 3.76. The minimum absolute atomic E-state index is 0.0362. The fourth-order valence-electron chi connectivity index (χ4n) is 4.51. The fraction of sp³-hybridized carbons (Fsp3) is 0.650. The lowest BCUT2D eigenvalue weighted by atomic mass is 9.97. The monoisotopic (exact) mass is 405 g/mol. The highest BCUT2D eigenvalue weighted by Crippen LogP contribution is 2.34. The zero-order valence-corrected chi connectivity index (χ0v) is 17.9. The maximum absolute atomic E-state index is 13.0. The number of aromatic nitrogens is 2. The van der Waals surface area contributed by atoms with Gasteiger partial charge in [-0.2, -0.15) is 0 Å². The third kappa shape index (κ3) is 3.44. The van der Waals surface area contributed by atoms with Gasteiger partial charge in [-0.15, -0.1) is 11.3 Å². The number of likely N-dealkylation sites (tertiary alicyclic amines) is 1. The molecule has 0 N–H and O–H groups in total. The van der Waals surface area contributed by atoms with E-state index >= 15 is 0 Å². The van der Waals surface area contributed by atoms with Crippen molar-refractivity contribution < 1.29 is 4.79 Å². The van der Waals surface area contributed by atoms with Crippen LogP contribution in [0.15, 0.2) is 9.95 Å². The third-order valence-corrected chi connectivity index (χ3v) is 8.16. The van der Waals surface area contributed by atoms with Crippen molar-refractivity contribution in [2.45, 2.75) is 76.0 Å². The molecule has 0 unspecified atom stereocenters. The summed E-state index contributed by atoms with van der Waals surface area (Å²) in [6, 6.07) is 0.593. The number of thiophene rings is 1. The van der Waals surface area contributed by atoms with Crippen molar-refractivity contribution in [1.29, 1.82) is 0 Å². The molecule has 2 aliphatic rings.